The number of amides is 1. The smallest absolute Gasteiger partial charge is 0.408 e. The van der Waals surface area contributed by atoms with Crippen molar-refractivity contribution in [2.45, 2.75) is 13.5 Å². The Morgan fingerprint density at radius 2 is 2.18 bits per heavy atom. The lowest BCUT2D eigenvalue weighted by atomic mass is 10.2. The molecular weight excluding hydrogens is 282 g/mol. The van der Waals surface area contributed by atoms with Gasteiger partial charge in [-0.15, -0.1) is 0 Å². The minimum atomic E-state index is -0.423. The van der Waals surface area contributed by atoms with E-state index in [0.717, 1.165) is 11.1 Å². The van der Waals surface area contributed by atoms with Gasteiger partial charge in [-0.25, -0.2) is 4.79 Å². The van der Waals surface area contributed by atoms with Crippen molar-refractivity contribution in [1.29, 1.82) is 0 Å². The van der Waals surface area contributed by atoms with Crippen LogP contribution in [0.15, 0.2) is 51.8 Å². The molecule has 1 amide bonds. The maximum absolute atomic E-state index is 11.9. The normalized spacial score (nSPS) is 10.8. The fourth-order valence-electron chi connectivity index (χ4n) is 2.25. The van der Waals surface area contributed by atoms with Gasteiger partial charge in [-0.05, 0) is 36.8 Å². The molecule has 0 bridgehead atoms. The molecular formula is C16H15N3O3. The number of carbonyl (C=O) groups excluding carboxylic acids is 1. The monoisotopic (exact) mass is 297 g/mol. The van der Waals surface area contributed by atoms with Crippen molar-refractivity contribution in [2.24, 2.45) is 0 Å². The van der Waals surface area contributed by atoms with E-state index in [1.165, 1.54) is 4.57 Å². The zero-order chi connectivity index (χ0) is 15.5. The highest BCUT2D eigenvalue weighted by Crippen LogP contribution is 2.14. The van der Waals surface area contributed by atoms with Crippen LogP contribution in [0, 0.1) is 6.92 Å². The van der Waals surface area contributed by atoms with Crippen LogP contribution in [0.25, 0.3) is 11.1 Å². The zero-order valence-electron chi connectivity index (χ0n) is 12.1. The highest BCUT2D eigenvalue weighted by molar-refractivity contribution is 5.92. The minimum Gasteiger partial charge on any atom is -0.408 e. The lowest BCUT2D eigenvalue weighted by molar-refractivity contribution is 0.0947. The van der Waals surface area contributed by atoms with Crippen LogP contribution in [-0.4, -0.2) is 22.0 Å². The lowest BCUT2D eigenvalue weighted by Crippen LogP contribution is -2.30. The number of nitrogens with one attached hydrogen (secondary N) is 1. The third kappa shape index (κ3) is 2.76. The summed E-state index contributed by atoms with van der Waals surface area (Å²) in [5, 5.41) is 2.74. The summed E-state index contributed by atoms with van der Waals surface area (Å²) in [7, 11) is 0. The molecule has 22 heavy (non-hydrogen) atoms. The Labute approximate surface area is 126 Å². The van der Waals surface area contributed by atoms with Gasteiger partial charge >= 0.3 is 5.76 Å². The van der Waals surface area contributed by atoms with Gasteiger partial charge in [0.1, 0.15) is 5.69 Å². The van der Waals surface area contributed by atoms with E-state index < -0.39 is 5.76 Å². The van der Waals surface area contributed by atoms with Gasteiger partial charge in [0.15, 0.2) is 5.58 Å². The first-order valence-corrected chi connectivity index (χ1v) is 6.94. The first-order chi connectivity index (χ1) is 10.6. The van der Waals surface area contributed by atoms with Crippen LogP contribution in [-0.2, 0) is 6.54 Å². The minimum absolute atomic E-state index is 0.266. The van der Waals surface area contributed by atoms with Gasteiger partial charge in [-0.3, -0.25) is 14.3 Å². The summed E-state index contributed by atoms with van der Waals surface area (Å²) in [6.45, 7) is 2.59. The molecule has 2 aromatic heterocycles. The largest absolute Gasteiger partial charge is 0.420 e. The van der Waals surface area contributed by atoms with Crippen LogP contribution in [0.4, 0.5) is 0 Å². The van der Waals surface area contributed by atoms with Gasteiger partial charge in [-0.1, -0.05) is 12.1 Å². The number of hydrogen-bond acceptors (Lipinski definition) is 4. The Hall–Kier alpha value is -2.89. The second-order valence-electron chi connectivity index (χ2n) is 4.96. The van der Waals surface area contributed by atoms with Crippen molar-refractivity contribution in [3.63, 3.8) is 0 Å². The van der Waals surface area contributed by atoms with Crippen molar-refractivity contribution < 1.29 is 9.21 Å². The molecule has 0 spiro atoms. The number of carbonyl (C=O) groups is 1. The number of fused-ring (bicyclic) bond motifs is 1. The van der Waals surface area contributed by atoms with Crippen molar-refractivity contribution in [3.8, 4) is 0 Å². The molecule has 6 heteroatoms. The van der Waals surface area contributed by atoms with E-state index in [9.17, 15) is 9.59 Å². The molecule has 6 nitrogen and oxygen atoms in total. The highest BCUT2D eigenvalue weighted by atomic mass is 16.4. The number of hydrogen-bond donors (Lipinski definition) is 1. The number of oxazole rings is 1. The van der Waals surface area contributed by atoms with Crippen LogP contribution in [0.2, 0.25) is 0 Å². The molecule has 0 saturated heterocycles. The molecule has 1 N–H and O–H groups in total. The van der Waals surface area contributed by atoms with Crippen molar-refractivity contribution in [2.75, 3.05) is 6.54 Å². The number of nitrogens with zero attached hydrogens (tertiary/aromatic N) is 2. The van der Waals surface area contributed by atoms with E-state index in [0.29, 0.717) is 24.4 Å². The van der Waals surface area contributed by atoms with E-state index in [-0.39, 0.29) is 5.91 Å². The molecule has 0 unspecified atom stereocenters. The molecule has 112 valence electrons. The molecule has 0 aliphatic rings. The molecule has 0 radical (unpaired) electrons. The summed E-state index contributed by atoms with van der Waals surface area (Å²) in [5.74, 6) is -0.690. The Kier molecular flexibility index (Phi) is 3.74. The third-order valence-corrected chi connectivity index (χ3v) is 3.34. The second-order valence-corrected chi connectivity index (χ2v) is 4.96. The standard InChI is InChI=1S/C16H15N3O3/c1-11-5-6-13-14(10-11)22-16(21)19(13)9-8-18-15(20)12-4-2-3-7-17-12/h2-7,10H,8-9H2,1H3,(H,18,20). The molecule has 0 fully saturated rings. The molecule has 0 aliphatic heterocycles. The Bertz CT molecular complexity index is 865. The summed E-state index contributed by atoms with van der Waals surface area (Å²) in [4.78, 5) is 27.7. The number of aryl methyl sites for hydroxylation is 1. The summed E-state index contributed by atoms with van der Waals surface area (Å²) in [6, 6.07) is 10.7. The van der Waals surface area contributed by atoms with E-state index in [4.69, 9.17) is 4.42 Å². The number of pyridine rings is 1. The van der Waals surface area contributed by atoms with E-state index in [1.807, 2.05) is 25.1 Å². The van der Waals surface area contributed by atoms with E-state index in [1.54, 1.807) is 24.4 Å². The number of rotatable bonds is 4. The first-order valence-electron chi connectivity index (χ1n) is 6.94. The average molecular weight is 297 g/mol. The topological polar surface area (TPSA) is 77.1 Å². The zero-order valence-corrected chi connectivity index (χ0v) is 12.1. The maximum atomic E-state index is 11.9. The average Bonchev–Trinajstić information content (AvgIpc) is 2.83. The number of benzene rings is 1. The SMILES string of the molecule is Cc1ccc2c(c1)oc(=O)n2CCNC(=O)c1ccccn1. The van der Waals surface area contributed by atoms with Gasteiger partial charge < -0.3 is 9.73 Å². The predicted molar refractivity (Wildman–Crippen MR) is 81.8 cm³/mol. The van der Waals surface area contributed by atoms with Gasteiger partial charge in [0.2, 0.25) is 0 Å². The fourth-order valence-corrected chi connectivity index (χ4v) is 2.25. The van der Waals surface area contributed by atoms with E-state index >= 15 is 0 Å². The highest BCUT2D eigenvalue weighted by Gasteiger charge is 2.10. The molecule has 3 aromatic rings. The van der Waals surface area contributed by atoms with E-state index in [2.05, 4.69) is 10.3 Å². The molecule has 2 heterocycles. The third-order valence-electron chi connectivity index (χ3n) is 3.34. The van der Waals surface area contributed by atoms with Crippen LogP contribution < -0.4 is 11.1 Å². The van der Waals surface area contributed by atoms with Crippen LogP contribution in [0.3, 0.4) is 0 Å². The summed E-state index contributed by atoms with van der Waals surface area (Å²) >= 11 is 0. The molecule has 3 rings (SSSR count). The van der Waals surface area contributed by atoms with Crippen molar-refractivity contribution in [1.82, 2.24) is 14.9 Å². The number of aromatic nitrogens is 2. The van der Waals surface area contributed by atoms with Crippen molar-refractivity contribution in [3.05, 3.63) is 64.4 Å². The van der Waals surface area contributed by atoms with Gasteiger partial charge in [0, 0.05) is 19.3 Å². The molecule has 0 atom stereocenters. The Morgan fingerprint density at radius 1 is 1.32 bits per heavy atom. The lowest BCUT2D eigenvalue weighted by Gasteiger charge is -2.05. The van der Waals surface area contributed by atoms with Crippen LogP contribution in [0.5, 0.6) is 0 Å². The Balaban J connectivity index is 1.71. The molecule has 0 aliphatic carbocycles. The van der Waals surface area contributed by atoms with Crippen molar-refractivity contribution >= 4 is 17.0 Å². The summed E-state index contributed by atoms with van der Waals surface area (Å²) in [5.41, 5.74) is 2.66. The predicted octanol–water partition coefficient (Wildman–Crippen LogP) is 1.73. The summed E-state index contributed by atoms with van der Waals surface area (Å²) in [6.07, 6.45) is 1.56. The summed E-state index contributed by atoms with van der Waals surface area (Å²) < 4.78 is 6.71. The molecule has 1 aromatic carbocycles. The maximum Gasteiger partial charge on any atom is 0.420 e. The van der Waals surface area contributed by atoms with Gasteiger partial charge in [0.05, 0.1) is 5.52 Å². The second kappa shape index (κ2) is 5.85. The van der Waals surface area contributed by atoms with Gasteiger partial charge in [0.25, 0.3) is 5.91 Å². The Morgan fingerprint density at radius 3 is 2.95 bits per heavy atom. The van der Waals surface area contributed by atoms with Gasteiger partial charge in [-0.2, -0.15) is 0 Å². The van der Waals surface area contributed by atoms with Crippen LogP contribution in [0.1, 0.15) is 16.1 Å². The van der Waals surface area contributed by atoms with Crippen LogP contribution >= 0.6 is 0 Å². The molecule has 0 saturated carbocycles. The quantitative estimate of drug-likeness (QED) is 0.795. The first kappa shape index (κ1) is 14.1. The fraction of sp³-hybridized carbons (Fsp3) is 0.188.